The Kier molecular flexibility index (Phi) is 4.74. The van der Waals surface area contributed by atoms with E-state index in [1.807, 2.05) is 17.9 Å². The summed E-state index contributed by atoms with van der Waals surface area (Å²) in [5.74, 6) is 0.241. The van der Waals surface area contributed by atoms with Crippen LogP contribution in [-0.2, 0) is 4.79 Å². The summed E-state index contributed by atoms with van der Waals surface area (Å²) < 4.78 is 0. The smallest absolute Gasteiger partial charge is 0.219 e. The third-order valence-corrected chi connectivity index (χ3v) is 5.28. The van der Waals surface area contributed by atoms with Crippen molar-refractivity contribution in [2.45, 2.75) is 20.1 Å². The number of hydrogen-bond acceptors (Lipinski definition) is 6. The van der Waals surface area contributed by atoms with Crippen LogP contribution in [0.4, 0.5) is 0 Å². The summed E-state index contributed by atoms with van der Waals surface area (Å²) in [6, 6.07) is 8.65. The number of phenols is 1. The Morgan fingerprint density at radius 3 is 2.50 bits per heavy atom. The van der Waals surface area contributed by atoms with E-state index in [9.17, 15) is 15.0 Å². The highest BCUT2D eigenvalue weighted by atomic mass is 16.3. The monoisotopic (exact) mass is 381 g/mol. The van der Waals surface area contributed by atoms with Crippen molar-refractivity contribution in [2.24, 2.45) is 0 Å². The zero-order chi connectivity index (χ0) is 19.8. The van der Waals surface area contributed by atoms with E-state index >= 15 is 0 Å². The molecule has 0 aliphatic carbocycles. The minimum Gasteiger partial charge on any atom is -0.508 e. The van der Waals surface area contributed by atoms with Gasteiger partial charge in [0, 0.05) is 55.3 Å². The number of rotatable bonds is 3. The molecule has 1 aromatic carbocycles. The summed E-state index contributed by atoms with van der Waals surface area (Å²) in [5.41, 5.74) is 3.62. The Bertz CT molecular complexity index is 1010. The number of benzene rings is 1. The minimum absolute atomic E-state index is 0.0562. The fraction of sp³-hybridized carbons (Fsp3) is 0.350. The third-order valence-electron chi connectivity index (χ3n) is 5.28. The summed E-state index contributed by atoms with van der Waals surface area (Å²) >= 11 is 0. The predicted molar refractivity (Wildman–Crippen MR) is 105 cm³/mol. The predicted octanol–water partition coefficient (Wildman–Crippen LogP) is 1.79. The number of H-pyrrole nitrogens is 1. The molecule has 1 aliphatic heterocycles. The third kappa shape index (κ3) is 3.32. The quantitative estimate of drug-likeness (QED) is 0.639. The van der Waals surface area contributed by atoms with E-state index < -0.39 is 6.23 Å². The van der Waals surface area contributed by atoms with Crippen LogP contribution < -0.4 is 0 Å². The first-order valence-corrected chi connectivity index (χ1v) is 9.26. The topological polar surface area (TPSA) is 106 Å². The second-order valence-corrected chi connectivity index (χ2v) is 7.11. The van der Waals surface area contributed by atoms with Gasteiger partial charge in [0.05, 0.1) is 5.69 Å². The van der Waals surface area contributed by atoms with Gasteiger partial charge in [-0.05, 0) is 37.3 Å². The molecule has 8 heteroatoms. The number of fused-ring (bicyclic) bond motifs is 1. The van der Waals surface area contributed by atoms with Crippen LogP contribution in [0.3, 0.4) is 0 Å². The molecule has 3 aromatic rings. The number of aromatic nitrogens is 3. The lowest BCUT2D eigenvalue weighted by atomic mass is 10.0. The molecule has 0 saturated carbocycles. The molecule has 146 valence electrons. The van der Waals surface area contributed by atoms with Gasteiger partial charge in [0.25, 0.3) is 0 Å². The van der Waals surface area contributed by atoms with Crippen LogP contribution in [0.1, 0.15) is 24.4 Å². The van der Waals surface area contributed by atoms with Gasteiger partial charge in [-0.1, -0.05) is 0 Å². The van der Waals surface area contributed by atoms with Crippen molar-refractivity contribution < 1.29 is 15.0 Å². The molecule has 1 saturated heterocycles. The van der Waals surface area contributed by atoms with Crippen molar-refractivity contribution in [3.63, 3.8) is 0 Å². The van der Waals surface area contributed by atoms with Crippen molar-refractivity contribution in [2.75, 3.05) is 26.2 Å². The number of carbonyl (C=O) groups excluding carboxylic acids is 1. The first-order valence-electron chi connectivity index (χ1n) is 9.26. The van der Waals surface area contributed by atoms with Crippen LogP contribution in [0.2, 0.25) is 0 Å². The number of nitrogens with zero attached hydrogens (tertiary/aromatic N) is 4. The first kappa shape index (κ1) is 18.4. The van der Waals surface area contributed by atoms with Gasteiger partial charge < -0.3 is 15.1 Å². The Balaban J connectivity index is 1.72. The van der Waals surface area contributed by atoms with E-state index in [-0.39, 0.29) is 11.7 Å². The second-order valence-electron chi connectivity index (χ2n) is 7.11. The fourth-order valence-corrected chi connectivity index (χ4v) is 3.67. The first-order chi connectivity index (χ1) is 13.4. The molecular weight excluding hydrogens is 358 g/mol. The summed E-state index contributed by atoms with van der Waals surface area (Å²) in [6.07, 6.45) is -0.827. The highest BCUT2D eigenvalue weighted by molar-refractivity contribution is 5.85. The average Bonchev–Trinajstić information content (AvgIpc) is 3.08. The molecule has 4 rings (SSSR count). The van der Waals surface area contributed by atoms with Crippen molar-refractivity contribution in [1.82, 2.24) is 25.0 Å². The van der Waals surface area contributed by atoms with Gasteiger partial charge in [-0.25, -0.2) is 4.98 Å². The molecule has 1 unspecified atom stereocenters. The van der Waals surface area contributed by atoms with E-state index in [1.54, 1.807) is 36.1 Å². The van der Waals surface area contributed by atoms with E-state index in [2.05, 4.69) is 15.2 Å². The largest absolute Gasteiger partial charge is 0.508 e. The lowest BCUT2D eigenvalue weighted by Gasteiger charge is -2.37. The number of aliphatic hydroxyl groups excluding tert-OH is 1. The van der Waals surface area contributed by atoms with Crippen LogP contribution >= 0.6 is 0 Å². The molecule has 1 amide bonds. The zero-order valence-electron chi connectivity index (χ0n) is 15.9. The molecule has 0 radical (unpaired) electrons. The van der Waals surface area contributed by atoms with E-state index in [0.29, 0.717) is 37.5 Å². The number of aryl methyl sites for hydroxylation is 1. The average molecular weight is 381 g/mol. The van der Waals surface area contributed by atoms with Crippen LogP contribution in [0.15, 0.2) is 30.3 Å². The van der Waals surface area contributed by atoms with E-state index in [4.69, 9.17) is 0 Å². The van der Waals surface area contributed by atoms with Crippen molar-refractivity contribution in [3.05, 3.63) is 41.6 Å². The molecule has 3 N–H and O–H groups in total. The number of pyridine rings is 1. The lowest BCUT2D eigenvalue weighted by molar-refractivity contribution is -0.132. The molecule has 0 spiro atoms. The van der Waals surface area contributed by atoms with Crippen LogP contribution in [0.25, 0.3) is 22.3 Å². The van der Waals surface area contributed by atoms with Crippen molar-refractivity contribution in [3.8, 4) is 17.0 Å². The summed E-state index contributed by atoms with van der Waals surface area (Å²) in [4.78, 5) is 19.9. The van der Waals surface area contributed by atoms with Crippen LogP contribution in [0.5, 0.6) is 5.75 Å². The molecule has 0 bridgehead atoms. The second kappa shape index (κ2) is 7.21. The molecule has 8 nitrogen and oxygen atoms in total. The number of carbonyl (C=O) groups is 1. The number of piperazine rings is 1. The van der Waals surface area contributed by atoms with Gasteiger partial charge in [-0.2, -0.15) is 5.10 Å². The van der Waals surface area contributed by atoms with Gasteiger partial charge in [0.2, 0.25) is 5.91 Å². The van der Waals surface area contributed by atoms with Gasteiger partial charge in [0.1, 0.15) is 12.0 Å². The van der Waals surface area contributed by atoms with Gasteiger partial charge >= 0.3 is 0 Å². The molecule has 3 heterocycles. The summed E-state index contributed by atoms with van der Waals surface area (Å²) in [7, 11) is 0. The minimum atomic E-state index is -0.827. The van der Waals surface area contributed by atoms with Crippen molar-refractivity contribution >= 4 is 16.9 Å². The van der Waals surface area contributed by atoms with E-state index in [1.165, 1.54) is 0 Å². The zero-order valence-corrected chi connectivity index (χ0v) is 15.9. The number of amides is 1. The molecule has 1 fully saturated rings. The number of nitrogens with one attached hydrogen (secondary N) is 1. The number of phenolic OH excluding ortho intramolecular Hbond substituents is 1. The Morgan fingerprint density at radius 2 is 1.86 bits per heavy atom. The standard InChI is InChI=1S/C20H23N5O3/c1-12-18-16(20(28)25-9-7-24(8-10-25)13(2)26)11-17(21-19(18)23-22-12)14-3-5-15(27)6-4-14/h3-6,11,20,27-28H,7-10H2,1-2H3,(H,21,22,23). The van der Waals surface area contributed by atoms with Gasteiger partial charge in [-0.15, -0.1) is 0 Å². The molecule has 2 aromatic heterocycles. The van der Waals surface area contributed by atoms with Crippen LogP contribution in [0, 0.1) is 6.92 Å². The maximum absolute atomic E-state index is 11.6. The summed E-state index contributed by atoms with van der Waals surface area (Å²) in [6.45, 7) is 5.84. The number of aromatic hydroxyl groups is 1. The van der Waals surface area contributed by atoms with Gasteiger partial charge in [0.15, 0.2) is 5.65 Å². The molecular formula is C20H23N5O3. The number of aromatic amines is 1. The normalized spacial score (nSPS) is 16.5. The van der Waals surface area contributed by atoms with Gasteiger partial charge in [-0.3, -0.25) is 14.8 Å². The highest BCUT2D eigenvalue weighted by Crippen LogP contribution is 2.32. The maximum Gasteiger partial charge on any atom is 0.219 e. The lowest BCUT2D eigenvalue weighted by Crippen LogP contribution is -2.49. The van der Waals surface area contributed by atoms with Crippen LogP contribution in [-0.4, -0.2) is 67.3 Å². The Hall–Kier alpha value is -2.97. The highest BCUT2D eigenvalue weighted by Gasteiger charge is 2.27. The number of hydrogen-bond donors (Lipinski definition) is 3. The molecule has 28 heavy (non-hydrogen) atoms. The molecule has 1 aliphatic rings. The van der Waals surface area contributed by atoms with Crippen molar-refractivity contribution in [1.29, 1.82) is 0 Å². The Morgan fingerprint density at radius 1 is 1.18 bits per heavy atom. The SMILES string of the molecule is CC(=O)N1CCN(C(O)c2cc(-c3ccc(O)cc3)nc3n[nH]c(C)c23)CC1. The fourth-order valence-electron chi connectivity index (χ4n) is 3.67. The number of aliphatic hydroxyl groups is 1. The molecule has 1 atom stereocenters. The Labute approximate surface area is 162 Å². The van der Waals surface area contributed by atoms with E-state index in [0.717, 1.165) is 22.2 Å². The summed E-state index contributed by atoms with van der Waals surface area (Å²) in [5, 5.41) is 28.7. The maximum atomic E-state index is 11.6.